The predicted molar refractivity (Wildman–Crippen MR) is 77.4 cm³/mol. The van der Waals surface area contributed by atoms with Crippen LogP contribution in [0.5, 0.6) is 5.75 Å². The van der Waals surface area contributed by atoms with Crippen molar-refractivity contribution in [2.75, 3.05) is 23.7 Å². The lowest BCUT2D eigenvalue weighted by Crippen LogP contribution is -2.21. The van der Waals surface area contributed by atoms with Crippen molar-refractivity contribution in [1.29, 1.82) is 0 Å². The quantitative estimate of drug-likeness (QED) is 0.913. The molecule has 1 unspecified atom stereocenters. The van der Waals surface area contributed by atoms with Crippen LogP contribution in [0.1, 0.15) is 34.1 Å². The zero-order valence-corrected chi connectivity index (χ0v) is 12.5. The molecule has 1 aliphatic heterocycles. The van der Waals surface area contributed by atoms with Gasteiger partial charge in [-0.3, -0.25) is 0 Å². The standard InChI is InChI=1S/C13H23N3OS/c1-8(2)10-5-6-16(7-10)13-11(17-9(3)4)12(14)15-18-13/h8-10H,5-7H2,1-4H3,(H2,14,15). The topological polar surface area (TPSA) is 51.4 Å². The lowest BCUT2D eigenvalue weighted by molar-refractivity contribution is 0.245. The lowest BCUT2D eigenvalue weighted by Gasteiger charge is -2.20. The van der Waals surface area contributed by atoms with Crippen molar-refractivity contribution in [3.05, 3.63) is 0 Å². The van der Waals surface area contributed by atoms with E-state index in [2.05, 4.69) is 23.1 Å². The first kappa shape index (κ1) is 13.5. The zero-order valence-electron chi connectivity index (χ0n) is 11.6. The van der Waals surface area contributed by atoms with Crippen LogP contribution in [0.15, 0.2) is 0 Å². The normalized spacial score (nSPS) is 20.1. The van der Waals surface area contributed by atoms with E-state index in [-0.39, 0.29) is 6.10 Å². The summed E-state index contributed by atoms with van der Waals surface area (Å²) in [5.74, 6) is 2.80. The van der Waals surface area contributed by atoms with Crippen LogP contribution in [0.2, 0.25) is 0 Å². The number of ether oxygens (including phenoxy) is 1. The van der Waals surface area contributed by atoms with Crippen LogP contribution < -0.4 is 15.4 Å². The van der Waals surface area contributed by atoms with Gasteiger partial charge in [-0.2, -0.15) is 4.37 Å². The molecule has 0 aliphatic carbocycles. The first-order chi connectivity index (χ1) is 8.49. The summed E-state index contributed by atoms with van der Waals surface area (Å²) < 4.78 is 10.0. The molecule has 1 aromatic heterocycles. The maximum absolute atomic E-state index is 5.90. The highest BCUT2D eigenvalue weighted by Gasteiger charge is 2.29. The fraction of sp³-hybridized carbons (Fsp3) is 0.769. The third kappa shape index (κ3) is 2.71. The van der Waals surface area contributed by atoms with Gasteiger partial charge in [0.1, 0.15) is 0 Å². The minimum Gasteiger partial charge on any atom is -0.484 e. The molecule has 2 rings (SSSR count). The highest BCUT2D eigenvalue weighted by molar-refractivity contribution is 7.11. The molecule has 1 fully saturated rings. The molecule has 0 bridgehead atoms. The number of aromatic nitrogens is 1. The molecular formula is C13H23N3OS. The summed E-state index contributed by atoms with van der Waals surface area (Å²) in [6.07, 6.45) is 1.38. The Kier molecular flexibility index (Phi) is 4.00. The number of hydrogen-bond acceptors (Lipinski definition) is 5. The Morgan fingerprint density at radius 1 is 1.39 bits per heavy atom. The SMILES string of the molecule is CC(C)Oc1c(N)nsc1N1CCC(C(C)C)C1. The van der Waals surface area contributed by atoms with E-state index in [9.17, 15) is 0 Å². The van der Waals surface area contributed by atoms with E-state index in [0.29, 0.717) is 5.82 Å². The third-order valence-corrected chi connectivity index (χ3v) is 4.37. The van der Waals surface area contributed by atoms with Crippen molar-refractivity contribution in [2.45, 2.75) is 40.2 Å². The molecule has 1 aromatic rings. The summed E-state index contributed by atoms with van der Waals surface area (Å²) in [6, 6.07) is 0. The summed E-state index contributed by atoms with van der Waals surface area (Å²) in [7, 11) is 0. The molecule has 1 atom stereocenters. The van der Waals surface area contributed by atoms with Crippen LogP contribution in [-0.4, -0.2) is 23.6 Å². The number of nitrogens with two attached hydrogens (primary N) is 1. The number of nitrogen functional groups attached to an aromatic ring is 1. The maximum Gasteiger partial charge on any atom is 0.198 e. The van der Waals surface area contributed by atoms with Crippen LogP contribution in [0.25, 0.3) is 0 Å². The van der Waals surface area contributed by atoms with Crippen LogP contribution >= 0.6 is 11.5 Å². The van der Waals surface area contributed by atoms with Gasteiger partial charge in [0.05, 0.1) is 6.10 Å². The predicted octanol–water partition coefficient (Wildman–Crippen LogP) is 2.99. The Morgan fingerprint density at radius 3 is 2.67 bits per heavy atom. The highest BCUT2D eigenvalue weighted by atomic mass is 32.1. The minimum absolute atomic E-state index is 0.131. The second kappa shape index (κ2) is 5.34. The van der Waals surface area contributed by atoms with Gasteiger partial charge >= 0.3 is 0 Å². The monoisotopic (exact) mass is 269 g/mol. The minimum atomic E-state index is 0.131. The van der Waals surface area contributed by atoms with Crippen LogP contribution in [0, 0.1) is 11.8 Å². The van der Waals surface area contributed by atoms with Crippen molar-refractivity contribution in [1.82, 2.24) is 4.37 Å². The smallest absolute Gasteiger partial charge is 0.198 e. The summed E-state index contributed by atoms with van der Waals surface area (Å²) >= 11 is 1.46. The van der Waals surface area contributed by atoms with E-state index in [0.717, 1.165) is 35.7 Å². The molecule has 2 heterocycles. The summed E-state index contributed by atoms with van der Waals surface area (Å²) in [6.45, 7) is 10.8. The molecule has 0 spiro atoms. The van der Waals surface area contributed by atoms with Gasteiger partial charge in [-0.15, -0.1) is 0 Å². The summed E-state index contributed by atoms with van der Waals surface area (Å²) in [4.78, 5) is 2.37. The fourth-order valence-corrected chi connectivity index (χ4v) is 3.13. The van der Waals surface area contributed by atoms with Crippen molar-refractivity contribution < 1.29 is 4.74 Å². The molecular weight excluding hydrogens is 246 g/mol. The molecule has 102 valence electrons. The first-order valence-corrected chi connectivity index (χ1v) is 7.43. The zero-order chi connectivity index (χ0) is 13.3. The number of hydrogen-bond donors (Lipinski definition) is 1. The fourth-order valence-electron chi connectivity index (χ4n) is 2.35. The van der Waals surface area contributed by atoms with Gasteiger partial charge in [0, 0.05) is 13.1 Å². The molecule has 2 N–H and O–H groups in total. The van der Waals surface area contributed by atoms with Gasteiger partial charge in [0.2, 0.25) is 0 Å². The highest BCUT2D eigenvalue weighted by Crippen LogP contribution is 2.41. The second-order valence-electron chi connectivity index (χ2n) is 5.61. The summed E-state index contributed by atoms with van der Waals surface area (Å²) in [5, 5.41) is 1.10. The van der Waals surface area contributed by atoms with Gasteiger partial charge in [-0.05, 0) is 43.6 Å². The second-order valence-corrected chi connectivity index (χ2v) is 6.36. The Balaban J connectivity index is 2.14. The Labute approximate surface area is 113 Å². The van der Waals surface area contributed by atoms with Gasteiger partial charge in [-0.1, -0.05) is 13.8 Å². The molecule has 0 radical (unpaired) electrons. The van der Waals surface area contributed by atoms with Gasteiger partial charge in [-0.25, -0.2) is 0 Å². The molecule has 18 heavy (non-hydrogen) atoms. The number of rotatable bonds is 4. The third-order valence-electron chi connectivity index (χ3n) is 3.47. The average Bonchev–Trinajstić information content (AvgIpc) is 2.86. The lowest BCUT2D eigenvalue weighted by atomic mass is 9.95. The Hall–Kier alpha value is -0.970. The summed E-state index contributed by atoms with van der Waals surface area (Å²) in [5.41, 5.74) is 5.90. The number of anilines is 2. The molecule has 1 saturated heterocycles. The average molecular weight is 269 g/mol. The molecule has 5 heteroatoms. The molecule has 0 aromatic carbocycles. The van der Waals surface area contributed by atoms with Gasteiger partial charge in [0.15, 0.2) is 16.6 Å². The van der Waals surface area contributed by atoms with E-state index in [4.69, 9.17) is 10.5 Å². The van der Waals surface area contributed by atoms with E-state index in [1.54, 1.807) is 0 Å². The largest absolute Gasteiger partial charge is 0.484 e. The molecule has 4 nitrogen and oxygen atoms in total. The van der Waals surface area contributed by atoms with Crippen molar-refractivity contribution >= 4 is 22.4 Å². The van der Waals surface area contributed by atoms with Crippen molar-refractivity contribution in [3.8, 4) is 5.75 Å². The van der Waals surface area contributed by atoms with Crippen LogP contribution in [0.3, 0.4) is 0 Å². The van der Waals surface area contributed by atoms with E-state index in [1.165, 1.54) is 18.0 Å². The Morgan fingerprint density at radius 2 is 2.11 bits per heavy atom. The van der Waals surface area contributed by atoms with Crippen molar-refractivity contribution in [3.63, 3.8) is 0 Å². The van der Waals surface area contributed by atoms with Crippen molar-refractivity contribution in [2.24, 2.45) is 11.8 Å². The van der Waals surface area contributed by atoms with E-state index in [1.807, 2.05) is 13.8 Å². The van der Waals surface area contributed by atoms with Crippen LogP contribution in [0.4, 0.5) is 10.8 Å². The first-order valence-electron chi connectivity index (χ1n) is 6.65. The van der Waals surface area contributed by atoms with Gasteiger partial charge in [0.25, 0.3) is 0 Å². The van der Waals surface area contributed by atoms with Gasteiger partial charge < -0.3 is 15.4 Å². The van der Waals surface area contributed by atoms with E-state index < -0.39 is 0 Å². The van der Waals surface area contributed by atoms with Crippen LogP contribution in [-0.2, 0) is 0 Å². The molecule has 0 saturated carbocycles. The molecule has 1 aliphatic rings. The maximum atomic E-state index is 5.90. The Bertz CT molecular complexity index is 403. The number of nitrogens with zero attached hydrogens (tertiary/aromatic N) is 2. The molecule has 0 amide bonds. The van der Waals surface area contributed by atoms with E-state index >= 15 is 0 Å².